The lowest BCUT2D eigenvalue weighted by molar-refractivity contribution is -0.146. The Balaban J connectivity index is 1.85. The number of halogens is 2. The van der Waals surface area contributed by atoms with Crippen molar-refractivity contribution in [1.29, 1.82) is 0 Å². The number of carbonyl (C=O) groups excluding carboxylic acids is 2. The monoisotopic (exact) mass is 491 g/mol. The molecule has 1 fully saturated rings. The van der Waals surface area contributed by atoms with Gasteiger partial charge in [0.15, 0.2) is 10.8 Å². The predicted molar refractivity (Wildman–Crippen MR) is 122 cm³/mol. The fourth-order valence-electron chi connectivity index (χ4n) is 4.45. The van der Waals surface area contributed by atoms with Crippen molar-refractivity contribution in [3.8, 4) is 0 Å². The second-order valence-electron chi connectivity index (χ2n) is 7.91. The molecule has 2 heterocycles. The first kappa shape index (κ1) is 23.4. The number of carbonyl (C=O) groups is 2. The molecule has 0 amide bonds. The third-order valence-corrected chi connectivity index (χ3v) is 7.10. The van der Waals surface area contributed by atoms with Gasteiger partial charge in [-0.3, -0.25) is 9.79 Å². The van der Waals surface area contributed by atoms with E-state index in [4.69, 9.17) is 26.1 Å². The lowest BCUT2D eigenvalue weighted by Gasteiger charge is -2.35. The number of esters is 2. The zero-order valence-corrected chi connectivity index (χ0v) is 19.7. The average molecular weight is 492 g/mol. The second kappa shape index (κ2) is 10.0. The Kier molecular flexibility index (Phi) is 7.09. The van der Waals surface area contributed by atoms with Crippen LogP contribution in [0.5, 0.6) is 0 Å². The summed E-state index contributed by atoms with van der Waals surface area (Å²) in [7, 11) is 2.68. The Morgan fingerprint density at radius 1 is 1.24 bits per heavy atom. The molecule has 0 bridgehead atoms. The van der Waals surface area contributed by atoms with Gasteiger partial charge in [-0.05, 0) is 31.4 Å². The quantitative estimate of drug-likeness (QED) is 0.622. The van der Waals surface area contributed by atoms with Gasteiger partial charge in [0.2, 0.25) is 0 Å². The van der Waals surface area contributed by atoms with Crippen LogP contribution in [0.4, 0.5) is 4.39 Å². The van der Waals surface area contributed by atoms with Crippen LogP contribution in [-0.4, -0.2) is 37.0 Å². The Hall–Kier alpha value is -2.78. The summed E-state index contributed by atoms with van der Waals surface area (Å²) >= 11 is 7.78. The number of aromatic nitrogens is 1. The van der Waals surface area contributed by atoms with E-state index in [1.807, 2.05) is 5.38 Å². The number of amidine groups is 1. The van der Waals surface area contributed by atoms with Crippen LogP contribution in [0.15, 0.2) is 46.0 Å². The number of ether oxygens (including phenoxy) is 2. The van der Waals surface area contributed by atoms with Crippen molar-refractivity contribution < 1.29 is 23.5 Å². The number of methoxy groups -OCH3 is 2. The predicted octanol–water partition coefficient (Wildman–Crippen LogP) is 4.43. The molecule has 7 nitrogen and oxygen atoms in total. The molecule has 1 N–H and O–H groups in total. The Bertz CT molecular complexity index is 1120. The van der Waals surface area contributed by atoms with Gasteiger partial charge in [0.1, 0.15) is 11.9 Å². The standard InChI is InChI=1S/C23H23ClFN3O4S/c1-31-22(29)13-5-3-4-12(10-13)18-17(23(30)32-2)19(15-7-6-14(25)11-16(15)24)28-20(27-18)21-26-8-9-33-21/h6-9,11-13,19H,3-5,10H2,1-2H3,(H,27,28). The number of benzene rings is 1. The highest BCUT2D eigenvalue weighted by Crippen LogP contribution is 2.42. The van der Waals surface area contributed by atoms with Gasteiger partial charge in [0.05, 0.1) is 25.7 Å². The smallest absolute Gasteiger partial charge is 0.338 e. The van der Waals surface area contributed by atoms with Crippen molar-refractivity contribution in [2.75, 3.05) is 14.2 Å². The number of allylic oxidation sites excluding steroid dienone is 1. The third-order valence-electron chi connectivity index (χ3n) is 5.99. The lowest BCUT2D eigenvalue weighted by atomic mass is 9.77. The molecule has 174 valence electrons. The van der Waals surface area contributed by atoms with Crippen molar-refractivity contribution in [2.24, 2.45) is 16.8 Å². The highest BCUT2D eigenvalue weighted by atomic mass is 35.5. The first-order valence-electron chi connectivity index (χ1n) is 10.5. The maximum atomic E-state index is 13.8. The van der Waals surface area contributed by atoms with E-state index < -0.39 is 17.8 Å². The fraction of sp³-hybridized carbons (Fsp3) is 0.391. The molecule has 0 saturated heterocycles. The third kappa shape index (κ3) is 4.79. The van der Waals surface area contributed by atoms with Gasteiger partial charge in [0, 0.05) is 33.8 Å². The van der Waals surface area contributed by atoms with Crippen molar-refractivity contribution in [3.05, 3.63) is 62.5 Å². The van der Waals surface area contributed by atoms with E-state index >= 15 is 0 Å². The summed E-state index contributed by atoms with van der Waals surface area (Å²) in [6.07, 6.45) is 4.48. The average Bonchev–Trinajstić information content (AvgIpc) is 3.37. The first-order chi connectivity index (χ1) is 15.9. The molecular weight excluding hydrogens is 469 g/mol. The van der Waals surface area contributed by atoms with Crippen LogP contribution in [0.2, 0.25) is 5.02 Å². The van der Waals surface area contributed by atoms with E-state index in [2.05, 4.69) is 10.3 Å². The Morgan fingerprint density at radius 3 is 2.73 bits per heavy atom. The van der Waals surface area contributed by atoms with Gasteiger partial charge < -0.3 is 14.8 Å². The summed E-state index contributed by atoms with van der Waals surface area (Å²) in [6.45, 7) is 0. The Morgan fingerprint density at radius 2 is 2.06 bits per heavy atom. The number of thiazole rings is 1. The minimum absolute atomic E-state index is 0.135. The molecule has 2 aliphatic rings. The van der Waals surface area contributed by atoms with E-state index in [0.29, 0.717) is 34.1 Å². The molecule has 1 saturated carbocycles. The van der Waals surface area contributed by atoms with Gasteiger partial charge in [0.25, 0.3) is 0 Å². The van der Waals surface area contributed by atoms with Crippen molar-refractivity contribution >= 4 is 40.7 Å². The minimum Gasteiger partial charge on any atom is -0.469 e. The number of nitrogens with zero attached hydrogens (tertiary/aromatic N) is 2. The minimum atomic E-state index is -0.820. The van der Waals surface area contributed by atoms with Gasteiger partial charge >= 0.3 is 11.9 Å². The number of hydrogen-bond acceptors (Lipinski definition) is 8. The van der Waals surface area contributed by atoms with Crippen molar-refractivity contribution in [1.82, 2.24) is 10.3 Å². The van der Waals surface area contributed by atoms with Crippen LogP contribution in [0.1, 0.15) is 42.3 Å². The zero-order chi connectivity index (χ0) is 23.5. The van der Waals surface area contributed by atoms with E-state index in [0.717, 1.165) is 19.3 Å². The maximum absolute atomic E-state index is 13.8. The molecule has 1 aliphatic heterocycles. The van der Waals surface area contributed by atoms with Crippen LogP contribution < -0.4 is 5.32 Å². The highest BCUT2D eigenvalue weighted by molar-refractivity contribution is 7.11. The molecule has 1 aliphatic carbocycles. The van der Waals surface area contributed by atoms with Crippen molar-refractivity contribution in [3.63, 3.8) is 0 Å². The summed E-state index contributed by atoms with van der Waals surface area (Å²) < 4.78 is 23.9. The van der Waals surface area contributed by atoms with Gasteiger partial charge in [-0.15, -0.1) is 11.3 Å². The Labute approximate surface area is 199 Å². The van der Waals surface area contributed by atoms with Gasteiger partial charge in [-0.1, -0.05) is 24.1 Å². The summed E-state index contributed by atoms with van der Waals surface area (Å²) in [5.41, 5.74) is 1.40. The molecule has 10 heteroatoms. The van der Waals surface area contributed by atoms with E-state index in [1.54, 1.807) is 6.20 Å². The van der Waals surface area contributed by atoms with Crippen LogP contribution >= 0.6 is 22.9 Å². The zero-order valence-electron chi connectivity index (χ0n) is 18.1. The molecule has 2 aromatic rings. The lowest BCUT2D eigenvalue weighted by Crippen LogP contribution is -2.38. The van der Waals surface area contributed by atoms with E-state index in [-0.39, 0.29) is 22.8 Å². The van der Waals surface area contributed by atoms with Crippen molar-refractivity contribution in [2.45, 2.75) is 31.7 Å². The molecule has 0 radical (unpaired) electrons. The summed E-state index contributed by atoms with van der Waals surface area (Å²) in [5.74, 6) is -1.23. The largest absolute Gasteiger partial charge is 0.469 e. The van der Waals surface area contributed by atoms with E-state index in [1.165, 1.54) is 43.8 Å². The molecule has 33 heavy (non-hydrogen) atoms. The topological polar surface area (TPSA) is 89.9 Å². The summed E-state index contributed by atoms with van der Waals surface area (Å²) in [5, 5.41) is 5.92. The first-order valence-corrected chi connectivity index (χ1v) is 11.8. The normalized spacial score (nSPS) is 22.9. The van der Waals surface area contributed by atoms with E-state index in [9.17, 15) is 14.0 Å². The fourth-order valence-corrected chi connectivity index (χ4v) is 5.31. The molecular formula is C23H23ClFN3O4S. The summed E-state index contributed by atoms with van der Waals surface area (Å²) in [4.78, 5) is 34.4. The number of aliphatic imine (C=N–C) groups is 1. The molecule has 1 aromatic heterocycles. The van der Waals surface area contributed by atoms with Gasteiger partial charge in [-0.25, -0.2) is 14.2 Å². The SMILES string of the molecule is COC(=O)C1=C(C2CCCC(C(=O)OC)C2)NC(c2nccs2)=NC1c1ccc(F)cc1Cl. The summed E-state index contributed by atoms with van der Waals surface area (Å²) in [6, 6.07) is 3.18. The van der Waals surface area contributed by atoms with Crippen LogP contribution in [-0.2, 0) is 19.1 Å². The molecule has 0 spiro atoms. The van der Waals surface area contributed by atoms with Crippen LogP contribution in [0, 0.1) is 17.7 Å². The number of hydrogen-bond donors (Lipinski definition) is 1. The second-order valence-corrected chi connectivity index (χ2v) is 9.21. The van der Waals surface area contributed by atoms with Crippen LogP contribution in [0.25, 0.3) is 0 Å². The number of nitrogens with one attached hydrogen (secondary N) is 1. The number of rotatable bonds is 5. The molecule has 3 atom stereocenters. The highest BCUT2D eigenvalue weighted by Gasteiger charge is 2.39. The molecule has 3 unspecified atom stereocenters. The maximum Gasteiger partial charge on any atom is 0.338 e. The molecule has 4 rings (SSSR count). The van der Waals surface area contributed by atoms with Gasteiger partial charge in [-0.2, -0.15) is 0 Å². The van der Waals surface area contributed by atoms with Crippen LogP contribution in [0.3, 0.4) is 0 Å². The molecule has 1 aromatic carbocycles.